The lowest BCUT2D eigenvalue weighted by Crippen LogP contribution is -2.19. The summed E-state index contributed by atoms with van der Waals surface area (Å²) in [5, 5.41) is 12.0. The molecule has 29 heavy (non-hydrogen) atoms. The van der Waals surface area contributed by atoms with Crippen LogP contribution in [0.15, 0.2) is 70.0 Å². The number of thiocarbonyl (C=S) groups is 1. The molecule has 4 aromatic rings. The highest BCUT2D eigenvalue weighted by atomic mass is 32.1. The Balaban J connectivity index is 1.42. The van der Waals surface area contributed by atoms with Crippen molar-refractivity contribution in [2.24, 2.45) is 0 Å². The minimum Gasteiger partial charge on any atom is -0.423 e. The lowest BCUT2D eigenvalue weighted by atomic mass is 10.1. The molecule has 0 saturated heterocycles. The van der Waals surface area contributed by atoms with E-state index in [0.29, 0.717) is 23.1 Å². The quantitative estimate of drug-likeness (QED) is 0.386. The molecule has 146 valence electrons. The highest BCUT2D eigenvalue weighted by Gasteiger charge is 2.06. The lowest BCUT2D eigenvalue weighted by Gasteiger charge is -2.09. The van der Waals surface area contributed by atoms with Crippen molar-refractivity contribution >= 4 is 39.8 Å². The maximum Gasteiger partial charge on any atom is 0.336 e. The number of rotatable bonds is 4. The molecule has 0 amide bonds. The first-order valence-corrected chi connectivity index (χ1v) is 9.59. The molecule has 7 heteroatoms. The van der Waals surface area contributed by atoms with Gasteiger partial charge in [-0.3, -0.25) is 4.68 Å². The number of nitrogens with zero attached hydrogens (tertiary/aromatic N) is 2. The standard InChI is InChI=1S/C22H20N4O2S/c1-14-3-5-16(6-4-14)13-26-10-9-20(25-26)24-22(29)23-17-7-8-18-15(2)11-21(27)28-19(18)12-17/h3-12H,13H2,1-2H3,(H2,23,24,25,29). The molecule has 0 unspecified atom stereocenters. The van der Waals surface area contributed by atoms with Gasteiger partial charge in [0.2, 0.25) is 0 Å². The highest BCUT2D eigenvalue weighted by Crippen LogP contribution is 2.21. The number of benzene rings is 2. The normalized spacial score (nSPS) is 10.8. The fourth-order valence-electron chi connectivity index (χ4n) is 3.08. The summed E-state index contributed by atoms with van der Waals surface area (Å²) in [4.78, 5) is 11.6. The van der Waals surface area contributed by atoms with Gasteiger partial charge in [0.15, 0.2) is 10.9 Å². The summed E-state index contributed by atoms with van der Waals surface area (Å²) in [5.74, 6) is 0.651. The Morgan fingerprint density at radius 1 is 1.07 bits per heavy atom. The van der Waals surface area contributed by atoms with Crippen LogP contribution in [0.2, 0.25) is 0 Å². The molecule has 0 bridgehead atoms. The molecule has 0 spiro atoms. The largest absolute Gasteiger partial charge is 0.423 e. The zero-order chi connectivity index (χ0) is 20.4. The first-order valence-electron chi connectivity index (χ1n) is 9.18. The Hall–Kier alpha value is -3.45. The third kappa shape index (κ3) is 4.52. The second-order valence-corrected chi connectivity index (χ2v) is 7.33. The van der Waals surface area contributed by atoms with E-state index in [4.69, 9.17) is 16.6 Å². The first kappa shape index (κ1) is 18.9. The summed E-state index contributed by atoms with van der Waals surface area (Å²) < 4.78 is 7.13. The van der Waals surface area contributed by atoms with E-state index in [2.05, 4.69) is 46.9 Å². The topological polar surface area (TPSA) is 72.1 Å². The van der Waals surface area contributed by atoms with Crippen LogP contribution in [-0.2, 0) is 6.54 Å². The van der Waals surface area contributed by atoms with E-state index in [1.807, 2.05) is 36.0 Å². The van der Waals surface area contributed by atoms with Gasteiger partial charge in [0.1, 0.15) is 5.58 Å². The summed E-state index contributed by atoms with van der Waals surface area (Å²) in [6.45, 7) is 4.63. The molecular weight excluding hydrogens is 384 g/mol. The Morgan fingerprint density at radius 2 is 1.86 bits per heavy atom. The summed E-state index contributed by atoms with van der Waals surface area (Å²) in [6.07, 6.45) is 1.90. The van der Waals surface area contributed by atoms with E-state index >= 15 is 0 Å². The van der Waals surface area contributed by atoms with Gasteiger partial charge in [-0.05, 0) is 49.3 Å². The van der Waals surface area contributed by atoms with E-state index in [0.717, 1.165) is 16.6 Å². The molecule has 0 aliphatic heterocycles. The first-order chi connectivity index (χ1) is 14.0. The smallest absolute Gasteiger partial charge is 0.336 e. The molecule has 0 aliphatic rings. The number of aromatic nitrogens is 2. The molecule has 2 aromatic heterocycles. The minimum absolute atomic E-state index is 0.369. The van der Waals surface area contributed by atoms with Crippen LogP contribution in [0, 0.1) is 13.8 Å². The molecule has 4 rings (SSSR count). The van der Waals surface area contributed by atoms with Gasteiger partial charge in [-0.2, -0.15) is 5.10 Å². The molecule has 6 nitrogen and oxygen atoms in total. The number of anilines is 2. The van der Waals surface area contributed by atoms with Gasteiger partial charge in [0, 0.05) is 35.5 Å². The highest BCUT2D eigenvalue weighted by molar-refractivity contribution is 7.80. The van der Waals surface area contributed by atoms with E-state index in [1.54, 1.807) is 6.07 Å². The monoisotopic (exact) mass is 404 g/mol. The Bertz CT molecular complexity index is 1240. The molecule has 0 aliphatic carbocycles. The fourth-order valence-corrected chi connectivity index (χ4v) is 3.30. The molecule has 2 heterocycles. The molecule has 2 aromatic carbocycles. The summed E-state index contributed by atoms with van der Waals surface area (Å²) in [5.41, 5.74) is 4.16. The molecule has 0 radical (unpaired) electrons. The van der Waals surface area contributed by atoms with Crippen molar-refractivity contribution in [3.05, 3.63) is 87.9 Å². The van der Waals surface area contributed by atoms with E-state index in [1.165, 1.54) is 17.2 Å². The predicted octanol–water partition coefficient (Wildman–Crippen LogP) is 4.46. The molecule has 0 saturated carbocycles. The van der Waals surface area contributed by atoms with E-state index in [-0.39, 0.29) is 5.63 Å². The average Bonchev–Trinajstić information content (AvgIpc) is 3.09. The van der Waals surface area contributed by atoms with Gasteiger partial charge in [0.05, 0.1) is 6.54 Å². The maximum absolute atomic E-state index is 11.6. The SMILES string of the molecule is Cc1ccc(Cn2ccc(NC(=S)Nc3ccc4c(C)cc(=O)oc4c3)n2)cc1. The van der Waals surface area contributed by atoms with Crippen molar-refractivity contribution in [1.29, 1.82) is 0 Å². The lowest BCUT2D eigenvalue weighted by molar-refractivity contribution is 0.560. The average molecular weight is 404 g/mol. The van der Waals surface area contributed by atoms with E-state index < -0.39 is 0 Å². The van der Waals surface area contributed by atoms with Crippen molar-refractivity contribution in [2.45, 2.75) is 20.4 Å². The third-order valence-electron chi connectivity index (χ3n) is 4.56. The van der Waals surface area contributed by atoms with Crippen molar-refractivity contribution < 1.29 is 4.42 Å². The summed E-state index contributed by atoms with van der Waals surface area (Å²) >= 11 is 5.38. The van der Waals surface area contributed by atoms with Crippen LogP contribution >= 0.6 is 12.2 Å². The van der Waals surface area contributed by atoms with Crippen LogP contribution in [0.5, 0.6) is 0 Å². The van der Waals surface area contributed by atoms with Crippen LogP contribution in [-0.4, -0.2) is 14.9 Å². The number of hydrogen-bond acceptors (Lipinski definition) is 4. The van der Waals surface area contributed by atoms with Crippen molar-refractivity contribution in [2.75, 3.05) is 10.6 Å². The zero-order valence-corrected chi connectivity index (χ0v) is 16.9. The van der Waals surface area contributed by atoms with Gasteiger partial charge in [-0.25, -0.2) is 4.79 Å². The van der Waals surface area contributed by atoms with Crippen LogP contribution in [0.3, 0.4) is 0 Å². The zero-order valence-electron chi connectivity index (χ0n) is 16.1. The fraction of sp³-hybridized carbons (Fsp3) is 0.136. The number of fused-ring (bicyclic) bond motifs is 1. The summed E-state index contributed by atoms with van der Waals surface area (Å²) in [6, 6.07) is 17.3. The third-order valence-corrected chi connectivity index (χ3v) is 4.76. The van der Waals surface area contributed by atoms with Crippen LogP contribution in [0.1, 0.15) is 16.7 Å². The molecular formula is C22H20N4O2S. The van der Waals surface area contributed by atoms with E-state index in [9.17, 15) is 4.79 Å². The number of hydrogen-bond donors (Lipinski definition) is 2. The maximum atomic E-state index is 11.6. The van der Waals surface area contributed by atoms with Crippen LogP contribution < -0.4 is 16.3 Å². The van der Waals surface area contributed by atoms with Crippen molar-refractivity contribution in [3.63, 3.8) is 0 Å². The molecule has 2 N–H and O–H groups in total. The van der Waals surface area contributed by atoms with Crippen LogP contribution in [0.4, 0.5) is 11.5 Å². The van der Waals surface area contributed by atoms with Crippen LogP contribution in [0.25, 0.3) is 11.0 Å². The second-order valence-electron chi connectivity index (χ2n) is 6.92. The predicted molar refractivity (Wildman–Crippen MR) is 120 cm³/mol. The minimum atomic E-state index is -0.369. The number of aryl methyl sites for hydroxylation is 2. The van der Waals surface area contributed by atoms with Crippen molar-refractivity contribution in [1.82, 2.24) is 9.78 Å². The van der Waals surface area contributed by atoms with Gasteiger partial charge in [0.25, 0.3) is 0 Å². The molecule has 0 fully saturated rings. The van der Waals surface area contributed by atoms with Gasteiger partial charge < -0.3 is 15.1 Å². The number of nitrogens with one attached hydrogen (secondary N) is 2. The molecule has 0 atom stereocenters. The van der Waals surface area contributed by atoms with Crippen molar-refractivity contribution in [3.8, 4) is 0 Å². The summed E-state index contributed by atoms with van der Waals surface area (Å²) in [7, 11) is 0. The Kier molecular flexibility index (Phi) is 5.14. The Morgan fingerprint density at radius 3 is 2.66 bits per heavy atom. The second kappa shape index (κ2) is 7.89. The van der Waals surface area contributed by atoms with Gasteiger partial charge in [-0.1, -0.05) is 29.8 Å². The Labute approximate surface area is 173 Å². The van der Waals surface area contributed by atoms with Gasteiger partial charge >= 0.3 is 5.63 Å². The van der Waals surface area contributed by atoms with Gasteiger partial charge in [-0.15, -0.1) is 0 Å².